The summed E-state index contributed by atoms with van der Waals surface area (Å²) in [5, 5.41) is 3.49. The van der Waals surface area contributed by atoms with Gasteiger partial charge in [0.2, 0.25) is 0 Å². The molecule has 0 spiro atoms. The van der Waals surface area contributed by atoms with Gasteiger partial charge in [0.15, 0.2) is 0 Å². The number of fused-ring (bicyclic) bond motifs is 2. The lowest BCUT2D eigenvalue weighted by atomic mass is 10.1. The molecule has 1 aromatic carbocycles. The van der Waals surface area contributed by atoms with Crippen molar-refractivity contribution in [1.29, 1.82) is 0 Å². The highest BCUT2D eigenvalue weighted by Crippen LogP contribution is 2.30. The van der Waals surface area contributed by atoms with Crippen LogP contribution in [0.2, 0.25) is 0 Å². The highest BCUT2D eigenvalue weighted by Gasteiger charge is 2.33. The average Bonchev–Trinajstić information content (AvgIpc) is 2.76. The van der Waals surface area contributed by atoms with Gasteiger partial charge in [-0.2, -0.15) is 0 Å². The predicted molar refractivity (Wildman–Crippen MR) is 83.3 cm³/mol. The van der Waals surface area contributed by atoms with E-state index in [2.05, 4.69) is 49.2 Å². The van der Waals surface area contributed by atoms with Crippen LogP contribution in [-0.2, 0) is 11.3 Å². The van der Waals surface area contributed by atoms with Crippen molar-refractivity contribution in [3.8, 4) is 0 Å². The summed E-state index contributed by atoms with van der Waals surface area (Å²) in [4.78, 5) is 2.50. The van der Waals surface area contributed by atoms with Crippen molar-refractivity contribution < 1.29 is 4.74 Å². The highest BCUT2D eigenvalue weighted by atomic mass is 16.5. The normalized spacial score (nSPS) is 25.5. The van der Waals surface area contributed by atoms with Crippen LogP contribution in [-0.4, -0.2) is 31.3 Å². The fraction of sp³-hybridized carbons (Fsp3) is 0.647. The van der Waals surface area contributed by atoms with Gasteiger partial charge in [0.1, 0.15) is 0 Å². The van der Waals surface area contributed by atoms with E-state index >= 15 is 0 Å². The van der Waals surface area contributed by atoms with Crippen LogP contribution in [0.4, 0.5) is 5.69 Å². The molecule has 3 heteroatoms. The average molecular weight is 274 g/mol. The molecule has 2 bridgehead atoms. The molecular weight excluding hydrogens is 248 g/mol. The number of hydrogen-bond donors (Lipinski definition) is 1. The Morgan fingerprint density at radius 1 is 1.25 bits per heavy atom. The number of benzene rings is 1. The zero-order valence-electron chi connectivity index (χ0n) is 12.9. The Balaban J connectivity index is 1.70. The van der Waals surface area contributed by atoms with Gasteiger partial charge in [-0.05, 0) is 43.0 Å². The van der Waals surface area contributed by atoms with Crippen molar-refractivity contribution in [2.45, 2.75) is 58.4 Å². The molecule has 0 aliphatic carbocycles. The first-order valence-electron chi connectivity index (χ1n) is 7.85. The molecule has 1 N–H and O–H groups in total. The quantitative estimate of drug-likeness (QED) is 0.913. The number of rotatable bonds is 4. The summed E-state index contributed by atoms with van der Waals surface area (Å²) < 4.78 is 5.92. The maximum absolute atomic E-state index is 5.92. The van der Waals surface area contributed by atoms with Crippen molar-refractivity contribution in [2.75, 3.05) is 18.0 Å². The SMILES string of the molecule is Cc1cc(N2CC3CCC(C2)O3)ccc1CNC(C)C. The predicted octanol–water partition coefficient (Wildman–Crippen LogP) is 2.86. The van der Waals surface area contributed by atoms with Crippen molar-refractivity contribution in [2.24, 2.45) is 0 Å². The maximum Gasteiger partial charge on any atom is 0.0755 e. The van der Waals surface area contributed by atoms with Crippen LogP contribution in [0.3, 0.4) is 0 Å². The molecule has 2 heterocycles. The van der Waals surface area contributed by atoms with Crippen LogP contribution in [0.1, 0.15) is 37.8 Å². The summed E-state index contributed by atoms with van der Waals surface area (Å²) in [7, 11) is 0. The number of hydrogen-bond acceptors (Lipinski definition) is 3. The van der Waals surface area contributed by atoms with Crippen molar-refractivity contribution in [1.82, 2.24) is 5.32 Å². The molecule has 0 radical (unpaired) electrons. The lowest BCUT2D eigenvalue weighted by Crippen LogP contribution is -2.42. The van der Waals surface area contributed by atoms with Gasteiger partial charge in [-0.25, -0.2) is 0 Å². The Kier molecular flexibility index (Phi) is 3.99. The molecule has 0 aromatic heterocycles. The van der Waals surface area contributed by atoms with Gasteiger partial charge < -0.3 is 15.0 Å². The molecule has 0 amide bonds. The third kappa shape index (κ3) is 2.99. The molecule has 2 atom stereocenters. The minimum absolute atomic E-state index is 0.455. The van der Waals surface area contributed by atoms with Crippen LogP contribution in [0.5, 0.6) is 0 Å². The smallest absolute Gasteiger partial charge is 0.0755 e. The summed E-state index contributed by atoms with van der Waals surface area (Å²) in [6.45, 7) is 9.66. The fourth-order valence-electron chi connectivity index (χ4n) is 3.21. The minimum atomic E-state index is 0.455. The van der Waals surface area contributed by atoms with Crippen LogP contribution >= 0.6 is 0 Å². The van der Waals surface area contributed by atoms with E-state index < -0.39 is 0 Å². The van der Waals surface area contributed by atoms with Gasteiger partial charge >= 0.3 is 0 Å². The second-order valence-corrected chi connectivity index (χ2v) is 6.51. The Morgan fingerprint density at radius 3 is 2.55 bits per heavy atom. The zero-order chi connectivity index (χ0) is 14.1. The molecule has 0 saturated carbocycles. The van der Waals surface area contributed by atoms with E-state index in [1.807, 2.05) is 0 Å². The zero-order valence-corrected chi connectivity index (χ0v) is 12.9. The third-order valence-corrected chi connectivity index (χ3v) is 4.44. The van der Waals surface area contributed by atoms with E-state index in [1.165, 1.54) is 29.7 Å². The van der Waals surface area contributed by atoms with Crippen LogP contribution in [0.15, 0.2) is 18.2 Å². The Bertz CT molecular complexity index is 460. The highest BCUT2D eigenvalue weighted by molar-refractivity contribution is 5.51. The molecule has 2 fully saturated rings. The first kappa shape index (κ1) is 13.9. The third-order valence-electron chi connectivity index (χ3n) is 4.44. The Morgan fingerprint density at radius 2 is 1.95 bits per heavy atom. The van der Waals surface area contributed by atoms with Crippen molar-refractivity contribution >= 4 is 5.69 Å². The minimum Gasteiger partial charge on any atom is -0.371 e. The summed E-state index contributed by atoms with van der Waals surface area (Å²) >= 11 is 0. The molecule has 20 heavy (non-hydrogen) atoms. The molecule has 2 aliphatic heterocycles. The summed E-state index contributed by atoms with van der Waals surface area (Å²) in [5.41, 5.74) is 4.14. The van der Waals surface area contributed by atoms with Gasteiger partial charge in [-0.3, -0.25) is 0 Å². The van der Waals surface area contributed by atoms with E-state index in [-0.39, 0.29) is 0 Å². The van der Waals surface area contributed by atoms with E-state index in [1.54, 1.807) is 0 Å². The molecule has 3 nitrogen and oxygen atoms in total. The molecule has 2 saturated heterocycles. The molecule has 3 rings (SSSR count). The second kappa shape index (κ2) is 5.74. The van der Waals surface area contributed by atoms with Crippen molar-refractivity contribution in [3.05, 3.63) is 29.3 Å². The Labute approximate surface area is 122 Å². The number of nitrogens with one attached hydrogen (secondary N) is 1. The Hall–Kier alpha value is -1.06. The van der Waals surface area contributed by atoms with Gasteiger partial charge in [0.25, 0.3) is 0 Å². The van der Waals surface area contributed by atoms with E-state index in [0.717, 1.165) is 19.6 Å². The first-order valence-corrected chi connectivity index (χ1v) is 7.85. The number of nitrogens with zero attached hydrogens (tertiary/aromatic N) is 1. The van der Waals surface area contributed by atoms with Crippen LogP contribution in [0.25, 0.3) is 0 Å². The number of morpholine rings is 1. The largest absolute Gasteiger partial charge is 0.371 e. The standard InChI is InChI=1S/C17H26N2O/c1-12(2)18-9-14-4-5-15(8-13(14)3)19-10-16-6-7-17(11-19)20-16/h4-5,8,12,16-18H,6-7,9-11H2,1-3H3. The van der Waals surface area contributed by atoms with Gasteiger partial charge in [-0.15, -0.1) is 0 Å². The molecule has 2 aliphatic rings. The van der Waals surface area contributed by atoms with Crippen LogP contribution in [0, 0.1) is 6.92 Å². The first-order chi connectivity index (χ1) is 9.61. The molecule has 2 unspecified atom stereocenters. The van der Waals surface area contributed by atoms with Crippen molar-refractivity contribution in [3.63, 3.8) is 0 Å². The van der Waals surface area contributed by atoms with E-state index in [9.17, 15) is 0 Å². The second-order valence-electron chi connectivity index (χ2n) is 6.51. The number of ether oxygens (including phenoxy) is 1. The molecule has 110 valence electrons. The maximum atomic E-state index is 5.92. The van der Waals surface area contributed by atoms with Crippen LogP contribution < -0.4 is 10.2 Å². The summed E-state index contributed by atoms with van der Waals surface area (Å²) in [6, 6.07) is 7.41. The monoisotopic (exact) mass is 274 g/mol. The van der Waals surface area contributed by atoms with E-state index in [4.69, 9.17) is 4.74 Å². The summed E-state index contributed by atoms with van der Waals surface area (Å²) in [6.07, 6.45) is 3.38. The van der Waals surface area contributed by atoms with Gasteiger partial charge in [-0.1, -0.05) is 19.9 Å². The summed E-state index contributed by atoms with van der Waals surface area (Å²) in [5.74, 6) is 0. The van der Waals surface area contributed by atoms with Gasteiger partial charge in [0, 0.05) is 31.4 Å². The molecule has 1 aromatic rings. The lowest BCUT2D eigenvalue weighted by Gasteiger charge is -2.34. The number of anilines is 1. The fourth-order valence-corrected chi connectivity index (χ4v) is 3.21. The topological polar surface area (TPSA) is 24.5 Å². The van der Waals surface area contributed by atoms with Gasteiger partial charge in [0.05, 0.1) is 12.2 Å². The lowest BCUT2D eigenvalue weighted by molar-refractivity contribution is 0.0305. The number of aryl methyl sites for hydroxylation is 1. The molecular formula is C17H26N2O. The van der Waals surface area contributed by atoms with E-state index in [0.29, 0.717) is 18.2 Å².